The van der Waals surface area contributed by atoms with Crippen molar-refractivity contribution in [3.63, 3.8) is 0 Å². The van der Waals surface area contributed by atoms with Gasteiger partial charge in [-0.2, -0.15) is 0 Å². The van der Waals surface area contributed by atoms with Gasteiger partial charge in [0.05, 0.1) is 26.4 Å². The van der Waals surface area contributed by atoms with Gasteiger partial charge in [0.2, 0.25) is 0 Å². The fraction of sp³-hybridized carbons (Fsp3) is 0.538. The molecule has 0 aromatic heterocycles. The fourth-order valence-electron chi connectivity index (χ4n) is 1.90. The molecule has 1 N–H and O–H groups in total. The Kier molecular flexibility index (Phi) is 4.36. The third-order valence-electron chi connectivity index (χ3n) is 2.73. The second-order valence-corrected chi connectivity index (χ2v) is 3.90. The van der Waals surface area contributed by atoms with Gasteiger partial charge in [-0.25, -0.2) is 0 Å². The quantitative estimate of drug-likeness (QED) is 0.864. The molecule has 2 rings (SSSR count). The molecule has 1 aliphatic rings. The van der Waals surface area contributed by atoms with Gasteiger partial charge in [-0.05, 0) is 13.0 Å². The van der Waals surface area contributed by atoms with Crippen LogP contribution in [0.3, 0.4) is 0 Å². The van der Waals surface area contributed by atoms with Gasteiger partial charge in [0, 0.05) is 5.56 Å². The molecule has 0 amide bonds. The molecule has 2 atom stereocenters. The second-order valence-electron chi connectivity index (χ2n) is 3.90. The summed E-state index contributed by atoms with van der Waals surface area (Å²) < 4.78 is 16.3. The summed E-state index contributed by atoms with van der Waals surface area (Å²) in [6.07, 6.45) is -1.02. The molecule has 1 heterocycles. The van der Waals surface area contributed by atoms with Gasteiger partial charge >= 0.3 is 0 Å². The summed E-state index contributed by atoms with van der Waals surface area (Å²) in [5.41, 5.74) is 0.754. The Hall–Kier alpha value is -1.10. The Morgan fingerprint density at radius 1 is 1.41 bits per heavy atom. The van der Waals surface area contributed by atoms with E-state index in [2.05, 4.69) is 0 Å². The molecule has 1 aliphatic heterocycles. The predicted octanol–water partition coefficient (Wildman–Crippen LogP) is 1.53. The molecule has 1 aromatic carbocycles. The zero-order valence-electron chi connectivity index (χ0n) is 9.96. The van der Waals surface area contributed by atoms with Crippen molar-refractivity contribution in [3.05, 3.63) is 29.8 Å². The van der Waals surface area contributed by atoms with E-state index < -0.39 is 6.10 Å². The zero-order valence-corrected chi connectivity index (χ0v) is 9.96. The molecule has 4 nitrogen and oxygen atoms in total. The second kappa shape index (κ2) is 6.00. The number of aliphatic hydroxyl groups excluding tert-OH is 1. The first-order valence-electron chi connectivity index (χ1n) is 5.92. The van der Waals surface area contributed by atoms with Gasteiger partial charge in [-0.3, -0.25) is 0 Å². The third kappa shape index (κ3) is 2.97. The van der Waals surface area contributed by atoms with Crippen LogP contribution in [0.25, 0.3) is 0 Å². The predicted molar refractivity (Wildman–Crippen MR) is 63.1 cm³/mol. The van der Waals surface area contributed by atoms with E-state index in [9.17, 15) is 5.11 Å². The summed E-state index contributed by atoms with van der Waals surface area (Å²) in [7, 11) is 0. The highest BCUT2D eigenvalue weighted by molar-refractivity contribution is 5.35. The summed E-state index contributed by atoms with van der Waals surface area (Å²) in [5.74, 6) is 0.705. The lowest BCUT2D eigenvalue weighted by Gasteiger charge is -2.28. The van der Waals surface area contributed by atoms with Crippen LogP contribution in [0, 0.1) is 0 Å². The number of benzene rings is 1. The van der Waals surface area contributed by atoms with Crippen LogP contribution in [0.2, 0.25) is 0 Å². The lowest BCUT2D eigenvalue weighted by atomic mass is 10.0. The van der Waals surface area contributed by atoms with Crippen molar-refractivity contribution in [1.29, 1.82) is 0 Å². The monoisotopic (exact) mass is 238 g/mol. The van der Waals surface area contributed by atoms with Gasteiger partial charge in [0.1, 0.15) is 18.0 Å². The third-order valence-corrected chi connectivity index (χ3v) is 2.73. The van der Waals surface area contributed by atoms with Crippen molar-refractivity contribution < 1.29 is 19.3 Å². The van der Waals surface area contributed by atoms with Crippen LogP contribution >= 0.6 is 0 Å². The average molecular weight is 238 g/mol. The summed E-state index contributed by atoms with van der Waals surface area (Å²) in [4.78, 5) is 0. The molecule has 1 aromatic rings. The molecular weight excluding hydrogens is 220 g/mol. The highest BCUT2D eigenvalue weighted by Gasteiger charge is 2.26. The number of rotatable bonds is 4. The highest BCUT2D eigenvalue weighted by atomic mass is 16.6. The maximum Gasteiger partial charge on any atom is 0.125 e. The van der Waals surface area contributed by atoms with Gasteiger partial charge < -0.3 is 19.3 Å². The first-order chi connectivity index (χ1) is 8.33. The van der Waals surface area contributed by atoms with E-state index in [1.807, 2.05) is 31.2 Å². The average Bonchev–Trinajstić information content (AvgIpc) is 2.40. The topological polar surface area (TPSA) is 47.9 Å². The lowest BCUT2D eigenvalue weighted by Crippen LogP contribution is -2.34. The van der Waals surface area contributed by atoms with Gasteiger partial charge in [-0.15, -0.1) is 0 Å². The minimum Gasteiger partial charge on any atom is -0.493 e. The summed E-state index contributed by atoms with van der Waals surface area (Å²) >= 11 is 0. The van der Waals surface area contributed by atoms with Crippen molar-refractivity contribution >= 4 is 0 Å². The van der Waals surface area contributed by atoms with Crippen LogP contribution < -0.4 is 4.74 Å². The maximum absolute atomic E-state index is 10.3. The van der Waals surface area contributed by atoms with E-state index in [0.29, 0.717) is 32.2 Å². The first kappa shape index (κ1) is 12.4. The summed E-state index contributed by atoms with van der Waals surface area (Å²) in [5, 5.41) is 10.3. The zero-order chi connectivity index (χ0) is 12.1. The Bertz CT molecular complexity index is 347. The van der Waals surface area contributed by atoms with E-state index in [-0.39, 0.29) is 6.10 Å². The largest absolute Gasteiger partial charge is 0.493 e. The minimum absolute atomic E-state index is 0.314. The number of para-hydroxylation sites is 1. The molecule has 17 heavy (non-hydrogen) atoms. The molecule has 2 unspecified atom stereocenters. The van der Waals surface area contributed by atoms with Crippen LogP contribution in [-0.4, -0.2) is 37.6 Å². The number of hydrogen-bond acceptors (Lipinski definition) is 4. The van der Waals surface area contributed by atoms with Gasteiger partial charge in [-0.1, -0.05) is 18.2 Å². The normalized spacial score (nSPS) is 22.1. The van der Waals surface area contributed by atoms with Crippen molar-refractivity contribution in [2.45, 2.75) is 19.1 Å². The molecule has 94 valence electrons. The maximum atomic E-state index is 10.3. The molecule has 0 spiro atoms. The van der Waals surface area contributed by atoms with Crippen molar-refractivity contribution in [3.8, 4) is 5.75 Å². The number of aliphatic hydroxyl groups is 1. The molecule has 0 saturated carbocycles. The minimum atomic E-state index is -0.710. The smallest absolute Gasteiger partial charge is 0.125 e. The van der Waals surface area contributed by atoms with E-state index in [1.165, 1.54) is 0 Å². The summed E-state index contributed by atoms with van der Waals surface area (Å²) in [6.45, 7) is 4.03. The number of hydrogen-bond donors (Lipinski definition) is 1. The van der Waals surface area contributed by atoms with Crippen molar-refractivity contribution in [2.24, 2.45) is 0 Å². The summed E-state index contributed by atoms with van der Waals surface area (Å²) in [6, 6.07) is 7.48. The lowest BCUT2D eigenvalue weighted by molar-refractivity contribution is -0.133. The molecule has 0 aliphatic carbocycles. The standard InChI is InChI=1S/C13H18O4/c1-2-16-11-6-4-3-5-10(11)13(14)12-9-15-7-8-17-12/h3-6,12-14H,2,7-9H2,1H3. The first-order valence-corrected chi connectivity index (χ1v) is 5.92. The van der Waals surface area contributed by atoms with Gasteiger partial charge in [0.25, 0.3) is 0 Å². The molecule has 4 heteroatoms. The van der Waals surface area contributed by atoms with Gasteiger partial charge in [0.15, 0.2) is 0 Å². The Labute approximate surface area is 101 Å². The van der Waals surface area contributed by atoms with Crippen molar-refractivity contribution in [1.82, 2.24) is 0 Å². The van der Waals surface area contributed by atoms with E-state index in [4.69, 9.17) is 14.2 Å². The fourth-order valence-corrected chi connectivity index (χ4v) is 1.90. The van der Waals surface area contributed by atoms with Crippen LogP contribution in [0.1, 0.15) is 18.6 Å². The van der Waals surface area contributed by atoms with Crippen molar-refractivity contribution in [2.75, 3.05) is 26.4 Å². The Morgan fingerprint density at radius 2 is 2.24 bits per heavy atom. The van der Waals surface area contributed by atoms with Crippen LogP contribution in [0.4, 0.5) is 0 Å². The number of ether oxygens (including phenoxy) is 3. The molecule has 1 saturated heterocycles. The molecule has 1 fully saturated rings. The Morgan fingerprint density at radius 3 is 2.94 bits per heavy atom. The molecular formula is C13H18O4. The van der Waals surface area contributed by atoms with E-state index in [1.54, 1.807) is 0 Å². The van der Waals surface area contributed by atoms with E-state index in [0.717, 1.165) is 5.56 Å². The Balaban J connectivity index is 2.14. The molecule has 0 bridgehead atoms. The highest BCUT2D eigenvalue weighted by Crippen LogP contribution is 2.29. The molecule has 0 radical (unpaired) electrons. The SMILES string of the molecule is CCOc1ccccc1C(O)C1COCCO1. The van der Waals surface area contributed by atoms with Crippen LogP contribution in [-0.2, 0) is 9.47 Å². The van der Waals surface area contributed by atoms with Crippen LogP contribution in [0.5, 0.6) is 5.75 Å². The van der Waals surface area contributed by atoms with E-state index >= 15 is 0 Å². The van der Waals surface area contributed by atoms with Crippen LogP contribution in [0.15, 0.2) is 24.3 Å².